The molecule has 0 radical (unpaired) electrons. The third-order valence-corrected chi connectivity index (χ3v) is 2.23. The van der Waals surface area contributed by atoms with E-state index >= 15 is 0 Å². The molecule has 0 amide bonds. The Kier molecular flexibility index (Phi) is 2.68. The van der Waals surface area contributed by atoms with Gasteiger partial charge in [-0.25, -0.2) is 4.79 Å². The number of ether oxygens (including phenoxy) is 1. The van der Waals surface area contributed by atoms with Crippen molar-refractivity contribution in [1.82, 2.24) is 10.1 Å². The lowest BCUT2D eigenvalue weighted by Crippen LogP contribution is -2.19. The van der Waals surface area contributed by atoms with Gasteiger partial charge in [0.25, 0.3) is 5.89 Å². The predicted molar refractivity (Wildman–Crippen MR) is 48.2 cm³/mol. The second-order valence-electron chi connectivity index (χ2n) is 3.61. The minimum Gasteiger partial charge on any atom is -0.479 e. The van der Waals surface area contributed by atoms with Gasteiger partial charge in [-0.1, -0.05) is 5.16 Å². The van der Waals surface area contributed by atoms with Gasteiger partial charge in [0.15, 0.2) is 11.9 Å². The predicted octanol–water partition coefficient (Wildman–Crippen LogP) is 0.937. The molecule has 0 aliphatic heterocycles. The van der Waals surface area contributed by atoms with Crippen LogP contribution in [0.4, 0.5) is 0 Å². The molecule has 0 aromatic carbocycles. The minimum absolute atomic E-state index is 0.0488. The maximum absolute atomic E-state index is 10.5. The maximum Gasteiger partial charge on any atom is 0.332 e. The second-order valence-corrected chi connectivity index (χ2v) is 3.61. The lowest BCUT2D eigenvalue weighted by molar-refractivity contribution is -0.150. The van der Waals surface area contributed by atoms with Crippen molar-refractivity contribution >= 4 is 5.97 Å². The van der Waals surface area contributed by atoms with Gasteiger partial charge in [0.1, 0.15) is 6.61 Å². The Labute approximate surface area is 86.2 Å². The van der Waals surface area contributed by atoms with Crippen LogP contribution in [0.3, 0.4) is 0 Å². The monoisotopic (exact) mass is 212 g/mol. The van der Waals surface area contributed by atoms with Crippen LogP contribution >= 0.6 is 0 Å². The SMILES string of the molecule is CC(OCc1nc(C2CC2)no1)C(=O)O. The topological polar surface area (TPSA) is 85.5 Å². The minimum atomic E-state index is -1.00. The summed E-state index contributed by atoms with van der Waals surface area (Å²) in [5.74, 6) is 0.470. The molecule has 2 rings (SSSR count). The first-order chi connectivity index (χ1) is 7.16. The summed E-state index contributed by atoms with van der Waals surface area (Å²) in [6.45, 7) is 1.51. The van der Waals surface area contributed by atoms with E-state index < -0.39 is 12.1 Å². The number of nitrogens with zero attached hydrogens (tertiary/aromatic N) is 2. The van der Waals surface area contributed by atoms with Crippen LogP contribution in [0, 0.1) is 0 Å². The number of aromatic nitrogens is 2. The van der Waals surface area contributed by atoms with E-state index in [2.05, 4.69) is 10.1 Å². The molecule has 1 atom stereocenters. The van der Waals surface area contributed by atoms with E-state index in [4.69, 9.17) is 14.4 Å². The van der Waals surface area contributed by atoms with E-state index in [-0.39, 0.29) is 6.61 Å². The summed E-state index contributed by atoms with van der Waals surface area (Å²) in [6, 6.07) is 0. The van der Waals surface area contributed by atoms with Gasteiger partial charge in [-0.2, -0.15) is 4.98 Å². The van der Waals surface area contributed by atoms with E-state index in [0.29, 0.717) is 17.6 Å². The fraction of sp³-hybridized carbons (Fsp3) is 0.667. The number of hydrogen-bond acceptors (Lipinski definition) is 5. The summed E-state index contributed by atoms with van der Waals surface area (Å²) in [6.07, 6.45) is 1.35. The Bertz CT molecular complexity index is 359. The molecule has 6 heteroatoms. The van der Waals surface area contributed by atoms with E-state index in [1.165, 1.54) is 6.92 Å². The molecule has 1 aromatic heterocycles. The Morgan fingerprint density at radius 1 is 1.73 bits per heavy atom. The van der Waals surface area contributed by atoms with Crippen molar-refractivity contribution in [3.63, 3.8) is 0 Å². The van der Waals surface area contributed by atoms with Gasteiger partial charge in [-0.15, -0.1) is 0 Å². The second kappa shape index (κ2) is 3.98. The fourth-order valence-corrected chi connectivity index (χ4v) is 1.10. The highest BCUT2D eigenvalue weighted by molar-refractivity contribution is 5.71. The number of aliphatic carboxylic acids is 1. The molecule has 1 unspecified atom stereocenters. The summed E-state index contributed by atoms with van der Waals surface area (Å²) in [4.78, 5) is 14.6. The van der Waals surface area contributed by atoms with Gasteiger partial charge in [0.2, 0.25) is 0 Å². The largest absolute Gasteiger partial charge is 0.479 e. The third-order valence-electron chi connectivity index (χ3n) is 2.23. The molecule has 1 aromatic rings. The maximum atomic E-state index is 10.5. The highest BCUT2D eigenvalue weighted by Crippen LogP contribution is 2.38. The lowest BCUT2D eigenvalue weighted by atomic mass is 10.4. The van der Waals surface area contributed by atoms with Crippen LogP contribution in [0.5, 0.6) is 0 Å². The number of hydrogen-bond donors (Lipinski definition) is 1. The van der Waals surface area contributed by atoms with Gasteiger partial charge in [-0.3, -0.25) is 0 Å². The molecule has 6 nitrogen and oxygen atoms in total. The van der Waals surface area contributed by atoms with Crippen molar-refractivity contribution in [2.24, 2.45) is 0 Å². The zero-order chi connectivity index (χ0) is 10.8. The molecule has 15 heavy (non-hydrogen) atoms. The summed E-state index contributed by atoms with van der Waals surface area (Å²) < 4.78 is 9.92. The van der Waals surface area contributed by atoms with Gasteiger partial charge >= 0.3 is 5.97 Å². The Morgan fingerprint density at radius 2 is 2.47 bits per heavy atom. The Balaban J connectivity index is 1.85. The van der Waals surface area contributed by atoms with Crippen molar-refractivity contribution in [3.8, 4) is 0 Å². The van der Waals surface area contributed by atoms with Crippen LogP contribution in [0.15, 0.2) is 4.52 Å². The molecule has 1 aliphatic carbocycles. The van der Waals surface area contributed by atoms with E-state index in [1.807, 2.05) is 0 Å². The van der Waals surface area contributed by atoms with Gasteiger partial charge < -0.3 is 14.4 Å². The zero-order valence-corrected chi connectivity index (χ0v) is 8.34. The number of carboxylic acids is 1. The molecular weight excluding hydrogens is 200 g/mol. The zero-order valence-electron chi connectivity index (χ0n) is 8.34. The van der Waals surface area contributed by atoms with E-state index in [9.17, 15) is 4.79 Å². The highest BCUT2D eigenvalue weighted by atomic mass is 16.5. The standard InChI is InChI=1S/C9H12N2O4/c1-5(9(12)13)14-4-7-10-8(11-15-7)6-2-3-6/h5-6H,2-4H2,1H3,(H,12,13). The van der Waals surface area contributed by atoms with Crippen LogP contribution in [0.25, 0.3) is 0 Å². The molecule has 82 valence electrons. The van der Waals surface area contributed by atoms with Crippen molar-refractivity contribution in [2.75, 3.05) is 0 Å². The quantitative estimate of drug-likeness (QED) is 0.781. The van der Waals surface area contributed by atoms with Crippen LogP contribution in [0.1, 0.15) is 37.4 Å². The van der Waals surface area contributed by atoms with Crippen LogP contribution in [0.2, 0.25) is 0 Å². The smallest absolute Gasteiger partial charge is 0.332 e. The number of rotatable bonds is 5. The van der Waals surface area contributed by atoms with Crippen LogP contribution < -0.4 is 0 Å². The summed E-state index contributed by atoms with van der Waals surface area (Å²) in [7, 11) is 0. The van der Waals surface area contributed by atoms with Gasteiger partial charge in [0.05, 0.1) is 0 Å². The first-order valence-corrected chi connectivity index (χ1v) is 4.83. The van der Waals surface area contributed by atoms with Crippen molar-refractivity contribution < 1.29 is 19.2 Å². The number of carboxylic acid groups (broad SMARTS) is 1. The average Bonchev–Trinajstić information content (AvgIpc) is 2.95. The molecule has 1 fully saturated rings. The molecule has 1 saturated carbocycles. The van der Waals surface area contributed by atoms with E-state index in [0.717, 1.165) is 12.8 Å². The van der Waals surface area contributed by atoms with Crippen molar-refractivity contribution in [1.29, 1.82) is 0 Å². The molecule has 1 heterocycles. The summed E-state index contributed by atoms with van der Waals surface area (Å²) in [5.41, 5.74) is 0. The van der Waals surface area contributed by atoms with E-state index in [1.54, 1.807) is 0 Å². The highest BCUT2D eigenvalue weighted by Gasteiger charge is 2.28. The fourth-order valence-electron chi connectivity index (χ4n) is 1.10. The average molecular weight is 212 g/mol. The molecule has 0 saturated heterocycles. The third kappa shape index (κ3) is 2.53. The van der Waals surface area contributed by atoms with Gasteiger partial charge in [-0.05, 0) is 19.8 Å². The molecule has 0 spiro atoms. The van der Waals surface area contributed by atoms with Crippen LogP contribution in [-0.2, 0) is 16.1 Å². The molecule has 0 bridgehead atoms. The van der Waals surface area contributed by atoms with Crippen molar-refractivity contribution in [2.45, 2.75) is 38.4 Å². The normalized spacial score (nSPS) is 17.7. The Hall–Kier alpha value is -1.43. The van der Waals surface area contributed by atoms with Gasteiger partial charge in [0, 0.05) is 5.92 Å². The van der Waals surface area contributed by atoms with Crippen molar-refractivity contribution in [3.05, 3.63) is 11.7 Å². The lowest BCUT2D eigenvalue weighted by Gasteiger charge is -2.04. The number of carbonyl (C=O) groups is 1. The first kappa shape index (κ1) is 10.1. The first-order valence-electron chi connectivity index (χ1n) is 4.83. The molecular formula is C9H12N2O4. The summed E-state index contributed by atoms with van der Waals surface area (Å²) >= 11 is 0. The van der Waals surface area contributed by atoms with Crippen LogP contribution in [-0.4, -0.2) is 27.3 Å². The Morgan fingerprint density at radius 3 is 3.07 bits per heavy atom. The molecule has 1 N–H and O–H groups in total. The summed E-state index contributed by atoms with van der Waals surface area (Å²) in [5, 5.41) is 12.4. The molecule has 1 aliphatic rings.